The molecule has 1 aliphatic rings. The summed E-state index contributed by atoms with van der Waals surface area (Å²) in [5, 5.41) is 59.5. The fourth-order valence-electron chi connectivity index (χ4n) is 3.58. The SMILES string of the molecule is O=C(O)c1c[nH]c2nc(N3CCC(NC[C@H](O)[C@H](O)[C@@H](O)[C@@H](O)CO)C3)c(F)cc2c1=O. The smallest absolute Gasteiger partial charge is 0.341 e. The summed E-state index contributed by atoms with van der Waals surface area (Å²) in [6.45, 7) is -0.219. The average molecular weight is 456 g/mol. The van der Waals surface area contributed by atoms with E-state index in [1.165, 1.54) is 0 Å². The van der Waals surface area contributed by atoms with Crippen molar-refractivity contribution in [2.75, 3.05) is 31.1 Å². The number of rotatable bonds is 9. The molecule has 1 aliphatic heterocycles. The zero-order chi connectivity index (χ0) is 23.6. The summed E-state index contributed by atoms with van der Waals surface area (Å²) in [7, 11) is 0. The number of pyridine rings is 2. The molecule has 1 unspecified atom stereocenters. The van der Waals surface area contributed by atoms with Gasteiger partial charge >= 0.3 is 5.97 Å². The van der Waals surface area contributed by atoms with Crippen LogP contribution in [0.1, 0.15) is 16.8 Å². The van der Waals surface area contributed by atoms with Crippen LogP contribution in [0.5, 0.6) is 0 Å². The van der Waals surface area contributed by atoms with Gasteiger partial charge in [-0.2, -0.15) is 0 Å². The van der Waals surface area contributed by atoms with Gasteiger partial charge in [-0.3, -0.25) is 4.79 Å². The molecule has 0 spiro atoms. The molecule has 8 N–H and O–H groups in total. The van der Waals surface area contributed by atoms with Gasteiger partial charge in [-0.1, -0.05) is 0 Å². The van der Waals surface area contributed by atoms with Gasteiger partial charge in [-0.15, -0.1) is 0 Å². The first-order chi connectivity index (χ1) is 15.1. The third-order valence-corrected chi connectivity index (χ3v) is 5.46. The maximum atomic E-state index is 14.7. The predicted molar refractivity (Wildman–Crippen MR) is 109 cm³/mol. The summed E-state index contributed by atoms with van der Waals surface area (Å²) in [4.78, 5) is 31.6. The monoisotopic (exact) mass is 456 g/mol. The molecule has 0 aliphatic carbocycles. The van der Waals surface area contributed by atoms with E-state index in [0.29, 0.717) is 13.0 Å². The number of hydrogen-bond donors (Lipinski definition) is 8. The van der Waals surface area contributed by atoms with Crippen molar-refractivity contribution in [1.82, 2.24) is 15.3 Å². The number of fused-ring (bicyclic) bond motifs is 1. The maximum absolute atomic E-state index is 14.7. The quantitative estimate of drug-likeness (QED) is 0.196. The van der Waals surface area contributed by atoms with Crippen molar-refractivity contribution in [3.8, 4) is 0 Å². The summed E-state index contributed by atoms with van der Waals surface area (Å²) in [5.41, 5.74) is -1.32. The van der Waals surface area contributed by atoms with E-state index in [1.807, 2.05) is 0 Å². The molecule has 3 rings (SSSR count). The van der Waals surface area contributed by atoms with E-state index in [-0.39, 0.29) is 36.0 Å². The highest BCUT2D eigenvalue weighted by atomic mass is 19.1. The summed E-state index contributed by atoms with van der Waals surface area (Å²) >= 11 is 0. The zero-order valence-corrected chi connectivity index (χ0v) is 16.8. The lowest BCUT2D eigenvalue weighted by atomic mass is 10.0. The van der Waals surface area contributed by atoms with Crippen LogP contribution in [0.2, 0.25) is 0 Å². The van der Waals surface area contributed by atoms with Crippen LogP contribution in [0, 0.1) is 5.82 Å². The van der Waals surface area contributed by atoms with Gasteiger partial charge in [0.05, 0.1) is 18.1 Å². The van der Waals surface area contributed by atoms with Crippen LogP contribution >= 0.6 is 0 Å². The zero-order valence-electron chi connectivity index (χ0n) is 16.8. The van der Waals surface area contributed by atoms with E-state index in [0.717, 1.165) is 12.3 Å². The summed E-state index contributed by atoms with van der Waals surface area (Å²) in [6.07, 6.45) is -4.89. The number of aromatic nitrogens is 2. The van der Waals surface area contributed by atoms with E-state index in [9.17, 15) is 34.4 Å². The Morgan fingerprint density at radius 2 is 1.97 bits per heavy atom. The Morgan fingerprint density at radius 3 is 2.62 bits per heavy atom. The van der Waals surface area contributed by atoms with Crippen LogP contribution in [0.3, 0.4) is 0 Å². The molecule has 3 heterocycles. The highest BCUT2D eigenvalue weighted by molar-refractivity contribution is 5.91. The molecule has 0 bridgehead atoms. The number of H-pyrrole nitrogens is 1. The van der Waals surface area contributed by atoms with Gasteiger partial charge in [-0.25, -0.2) is 14.2 Å². The molecular formula is C19H25FN4O8. The minimum Gasteiger partial charge on any atom is -0.477 e. The number of carboxylic acid groups (broad SMARTS) is 1. The van der Waals surface area contributed by atoms with E-state index < -0.39 is 53.8 Å². The van der Waals surface area contributed by atoms with E-state index in [1.54, 1.807) is 4.90 Å². The first-order valence-electron chi connectivity index (χ1n) is 9.90. The van der Waals surface area contributed by atoms with Gasteiger partial charge in [-0.05, 0) is 12.5 Å². The summed E-state index contributed by atoms with van der Waals surface area (Å²) in [5.74, 6) is -2.25. The Hall–Kier alpha value is -2.68. The molecule has 32 heavy (non-hydrogen) atoms. The van der Waals surface area contributed by atoms with Crippen molar-refractivity contribution in [2.45, 2.75) is 36.9 Å². The molecule has 1 fully saturated rings. The van der Waals surface area contributed by atoms with E-state index >= 15 is 0 Å². The summed E-state index contributed by atoms with van der Waals surface area (Å²) in [6, 6.07) is 0.722. The minimum absolute atomic E-state index is 0.0254. The Bertz CT molecular complexity index is 1030. The molecule has 2 aromatic heterocycles. The van der Waals surface area contributed by atoms with Gasteiger partial charge in [0, 0.05) is 31.9 Å². The van der Waals surface area contributed by atoms with Crippen molar-refractivity contribution in [1.29, 1.82) is 0 Å². The molecule has 12 nitrogen and oxygen atoms in total. The van der Waals surface area contributed by atoms with Crippen molar-refractivity contribution in [2.24, 2.45) is 0 Å². The van der Waals surface area contributed by atoms with Crippen LogP contribution in [-0.2, 0) is 0 Å². The number of nitrogens with zero attached hydrogens (tertiary/aromatic N) is 2. The van der Waals surface area contributed by atoms with Crippen molar-refractivity contribution < 1.29 is 39.8 Å². The fourth-order valence-corrected chi connectivity index (χ4v) is 3.58. The van der Waals surface area contributed by atoms with Gasteiger partial charge in [0.15, 0.2) is 11.6 Å². The average Bonchev–Trinajstić information content (AvgIpc) is 3.24. The topological polar surface area (TPSA) is 199 Å². The second-order valence-electron chi connectivity index (χ2n) is 7.66. The molecule has 0 aromatic carbocycles. The lowest BCUT2D eigenvalue weighted by Gasteiger charge is -2.26. The van der Waals surface area contributed by atoms with Crippen molar-refractivity contribution in [3.05, 3.63) is 33.9 Å². The molecule has 2 aromatic rings. The minimum atomic E-state index is -1.73. The number of halogens is 1. The van der Waals surface area contributed by atoms with Crippen molar-refractivity contribution >= 4 is 22.8 Å². The highest BCUT2D eigenvalue weighted by Gasteiger charge is 2.32. The first kappa shape index (κ1) is 24.0. The first-order valence-corrected chi connectivity index (χ1v) is 9.90. The largest absolute Gasteiger partial charge is 0.477 e. The normalized spacial score (nSPS) is 20.3. The van der Waals surface area contributed by atoms with Crippen LogP contribution in [0.15, 0.2) is 17.1 Å². The number of aliphatic hydroxyl groups is 5. The number of hydrogen-bond acceptors (Lipinski definition) is 10. The molecule has 0 radical (unpaired) electrons. The molecule has 0 amide bonds. The van der Waals surface area contributed by atoms with E-state index in [4.69, 9.17) is 10.2 Å². The second kappa shape index (κ2) is 9.85. The van der Waals surface area contributed by atoms with Gasteiger partial charge in [0.25, 0.3) is 0 Å². The van der Waals surface area contributed by atoms with Crippen LogP contribution in [0.25, 0.3) is 11.0 Å². The molecular weight excluding hydrogens is 431 g/mol. The van der Waals surface area contributed by atoms with Gasteiger partial charge in [0.1, 0.15) is 29.5 Å². The van der Waals surface area contributed by atoms with Crippen LogP contribution in [-0.4, -0.2) is 103 Å². The number of aliphatic hydroxyl groups excluding tert-OH is 5. The Labute approximate surface area is 180 Å². The number of nitrogens with one attached hydrogen (secondary N) is 2. The second-order valence-corrected chi connectivity index (χ2v) is 7.66. The Balaban J connectivity index is 1.66. The lowest BCUT2D eigenvalue weighted by molar-refractivity contribution is -0.114. The Kier molecular flexibility index (Phi) is 7.38. The third-order valence-electron chi connectivity index (χ3n) is 5.46. The number of carbonyl (C=O) groups is 1. The standard InChI is InChI=1S/C19H25FN4O8/c20-11-3-9-14(28)10(19(31)32)4-22-17(9)23-18(11)24-2-1-8(6-24)21-5-12(26)15(29)16(30)13(27)7-25/h3-4,8,12-13,15-16,21,25-27,29-30H,1-2,5-7H2,(H,31,32)(H,22,23,28)/t8?,12-,13-,15-,16-/m0/s1. The molecule has 0 saturated carbocycles. The molecule has 1 saturated heterocycles. The van der Waals surface area contributed by atoms with Crippen molar-refractivity contribution in [3.63, 3.8) is 0 Å². The van der Waals surface area contributed by atoms with Gasteiger partial charge < -0.3 is 45.8 Å². The van der Waals surface area contributed by atoms with Gasteiger partial charge in [0.2, 0.25) is 5.43 Å². The fraction of sp³-hybridized carbons (Fsp3) is 0.526. The van der Waals surface area contributed by atoms with E-state index in [2.05, 4.69) is 15.3 Å². The maximum Gasteiger partial charge on any atom is 0.341 e. The number of anilines is 1. The molecule has 13 heteroatoms. The highest BCUT2D eigenvalue weighted by Crippen LogP contribution is 2.24. The molecule has 5 atom stereocenters. The van der Waals surface area contributed by atoms with Crippen LogP contribution < -0.4 is 15.6 Å². The van der Waals surface area contributed by atoms with Crippen LogP contribution in [0.4, 0.5) is 10.2 Å². The molecule has 176 valence electrons. The number of carboxylic acids is 1. The number of aromatic amines is 1. The lowest BCUT2D eigenvalue weighted by Crippen LogP contribution is -2.50. The summed E-state index contributed by atoms with van der Waals surface area (Å²) < 4.78 is 14.7. The third kappa shape index (κ3) is 4.87. The Morgan fingerprint density at radius 1 is 1.28 bits per heavy atom. The predicted octanol–water partition coefficient (Wildman–Crippen LogP) is -2.64. The number of aromatic carboxylic acids is 1.